The summed E-state index contributed by atoms with van der Waals surface area (Å²) in [5.41, 5.74) is 3.94. The molecular weight excluding hydrogens is 248 g/mol. The van der Waals surface area contributed by atoms with E-state index in [1.54, 1.807) is 0 Å². The van der Waals surface area contributed by atoms with Gasteiger partial charge in [-0.15, -0.1) is 11.6 Å². The SMILES string of the molecule is CCC(CC)n1ccc(CC(CCCCl)NN)n1. The number of hydrogen-bond donors (Lipinski definition) is 2. The zero-order valence-electron chi connectivity index (χ0n) is 11.4. The van der Waals surface area contributed by atoms with Crippen molar-refractivity contribution in [1.82, 2.24) is 15.2 Å². The van der Waals surface area contributed by atoms with Gasteiger partial charge in [0.25, 0.3) is 0 Å². The molecule has 1 heterocycles. The van der Waals surface area contributed by atoms with Gasteiger partial charge in [-0.2, -0.15) is 5.10 Å². The highest BCUT2D eigenvalue weighted by molar-refractivity contribution is 6.17. The third-order valence-electron chi connectivity index (χ3n) is 3.36. The molecule has 0 spiro atoms. The van der Waals surface area contributed by atoms with Crippen molar-refractivity contribution in [3.05, 3.63) is 18.0 Å². The Labute approximate surface area is 115 Å². The van der Waals surface area contributed by atoms with Crippen molar-refractivity contribution >= 4 is 11.6 Å². The Bertz CT molecular complexity index is 323. The third kappa shape index (κ3) is 4.59. The van der Waals surface area contributed by atoms with Crippen molar-refractivity contribution in [2.75, 3.05) is 5.88 Å². The normalized spacial score (nSPS) is 13.2. The molecule has 3 N–H and O–H groups in total. The lowest BCUT2D eigenvalue weighted by Gasteiger charge is -2.14. The summed E-state index contributed by atoms with van der Waals surface area (Å²) in [7, 11) is 0. The molecule has 18 heavy (non-hydrogen) atoms. The van der Waals surface area contributed by atoms with E-state index in [9.17, 15) is 0 Å². The monoisotopic (exact) mass is 272 g/mol. The van der Waals surface area contributed by atoms with Gasteiger partial charge in [0.2, 0.25) is 0 Å². The summed E-state index contributed by atoms with van der Waals surface area (Å²) in [6.07, 6.45) is 7.12. The van der Waals surface area contributed by atoms with Gasteiger partial charge in [0.15, 0.2) is 0 Å². The van der Waals surface area contributed by atoms with Crippen LogP contribution in [0.1, 0.15) is 51.3 Å². The largest absolute Gasteiger partial charge is 0.271 e. The molecule has 1 rings (SSSR count). The van der Waals surface area contributed by atoms with Crippen LogP contribution in [-0.4, -0.2) is 21.7 Å². The van der Waals surface area contributed by atoms with E-state index in [4.69, 9.17) is 17.4 Å². The predicted molar refractivity (Wildman–Crippen MR) is 76.6 cm³/mol. The molecule has 5 heteroatoms. The minimum absolute atomic E-state index is 0.258. The van der Waals surface area contributed by atoms with E-state index in [-0.39, 0.29) is 6.04 Å². The fourth-order valence-corrected chi connectivity index (χ4v) is 2.33. The van der Waals surface area contributed by atoms with Crippen LogP contribution in [0.2, 0.25) is 0 Å². The summed E-state index contributed by atoms with van der Waals surface area (Å²) < 4.78 is 2.07. The fraction of sp³-hybridized carbons (Fsp3) is 0.769. The molecule has 0 saturated heterocycles. The van der Waals surface area contributed by atoms with Crippen LogP contribution in [0, 0.1) is 0 Å². The van der Waals surface area contributed by atoms with Crippen LogP contribution in [0.15, 0.2) is 12.3 Å². The number of hydrogen-bond acceptors (Lipinski definition) is 3. The van der Waals surface area contributed by atoms with Crippen molar-refractivity contribution in [1.29, 1.82) is 0 Å². The number of alkyl halides is 1. The second-order valence-electron chi connectivity index (χ2n) is 4.66. The molecular formula is C13H25ClN4. The van der Waals surface area contributed by atoms with Crippen LogP contribution in [0.5, 0.6) is 0 Å². The Morgan fingerprint density at radius 2 is 2.17 bits per heavy atom. The number of nitrogens with zero attached hydrogens (tertiary/aromatic N) is 2. The summed E-state index contributed by atoms with van der Waals surface area (Å²) in [6.45, 7) is 4.39. The molecule has 0 fully saturated rings. The van der Waals surface area contributed by atoms with Gasteiger partial charge >= 0.3 is 0 Å². The molecule has 0 aromatic carbocycles. The zero-order valence-corrected chi connectivity index (χ0v) is 12.2. The first-order valence-corrected chi connectivity index (χ1v) is 7.34. The first kappa shape index (κ1) is 15.5. The average Bonchev–Trinajstić information content (AvgIpc) is 2.84. The van der Waals surface area contributed by atoms with Gasteiger partial charge in [-0.1, -0.05) is 13.8 Å². The number of aromatic nitrogens is 2. The molecule has 1 aromatic rings. The van der Waals surface area contributed by atoms with Crippen molar-refractivity contribution < 1.29 is 0 Å². The minimum atomic E-state index is 0.258. The molecule has 4 nitrogen and oxygen atoms in total. The molecule has 0 saturated carbocycles. The molecule has 0 bridgehead atoms. The van der Waals surface area contributed by atoms with Crippen molar-refractivity contribution in [3.63, 3.8) is 0 Å². The molecule has 1 atom stereocenters. The standard InChI is InChI=1S/C13H25ClN4/c1-3-13(4-2)18-9-7-12(17-18)10-11(16-15)6-5-8-14/h7,9,11,13,16H,3-6,8,10,15H2,1-2H3. The second kappa shape index (κ2) is 8.51. The van der Waals surface area contributed by atoms with Crippen molar-refractivity contribution in [2.45, 2.75) is 58.0 Å². The topological polar surface area (TPSA) is 55.9 Å². The van der Waals surface area contributed by atoms with Crippen LogP contribution in [-0.2, 0) is 6.42 Å². The van der Waals surface area contributed by atoms with Gasteiger partial charge in [0.05, 0.1) is 11.7 Å². The maximum absolute atomic E-state index is 5.70. The van der Waals surface area contributed by atoms with Crippen LogP contribution < -0.4 is 11.3 Å². The van der Waals surface area contributed by atoms with E-state index in [0.717, 1.165) is 37.8 Å². The number of hydrazine groups is 1. The highest BCUT2D eigenvalue weighted by Crippen LogP contribution is 2.15. The maximum atomic E-state index is 5.70. The van der Waals surface area contributed by atoms with Crippen LogP contribution >= 0.6 is 11.6 Å². The highest BCUT2D eigenvalue weighted by atomic mass is 35.5. The highest BCUT2D eigenvalue weighted by Gasteiger charge is 2.12. The van der Waals surface area contributed by atoms with Gasteiger partial charge in [0, 0.05) is 24.5 Å². The summed E-state index contributed by atoms with van der Waals surface area (Å²) in [6, 6.07) is 2.85. The van der Waals surface area contributed by atoms with Crippen LogP contribution in [0.25, 0.3) is 0 Å². The molecule has 1 aromatic heterocycles. The lowest BCUT2D eigenvalue weighted by Crippen LogP contribution is -2.37. The van der Waals surface area contributed by atoms with Gasteiger partial charge in [0.1, 0.15) is 0 Å². The summed E-state index contributed by atoms with van der Waals surface area (Å²) in [5.74, 6) is 6.23. The predicted octanol–water partition coefficient (Wildman–Crippen LogP) is 2.64. The fourth-order valence-electron chi connectivity index (χ4n) is 2.17. The van der Waals surface area contributed by atoms with E-state index in [2.05, 4.69) is 41.3 Å². The van der Waals surface area contributed by atoms with Gasteiger partial charge in [-0.05, 0) is 31.7 Å². The summed E-state index contributed by atoms with van der Waals surface area (Å²) in [5, 5.41) is 4.64. The first-order valence-electron chi connectivity index (χ1n) is 6.81. The Balaban J connectivity index is 2.56. The molecule has 0 aliphatic rings. The smallest absolute Gasteiger partial charge is 0.0640 e. The summed E-state index contributed by atoms with van der Waals surface area (Å²) >= 11 is 5.70. The maximum Gasteiger partial charge on any atom is 0.0640 e. The Kier molecular flexibility index (Phi) is 7.32. The average molecular weight is 273 g/mol. The number of nitrogens with two attached hydrogens (primary N) is 1. The number of halogens is 1. The van der Waals surface area contributed by atoms with Gasteiger partial charge in [-0.3, -0.25) is 16.0 Å². The first-order chi connectivity index (χ1) is 8.74. The van der Waals surface area contributed by atoms with Crippen molar-refractivity contribution in [2.24, 2.45) is 5.84 Å². The molecule has 0 aliphatic carbocycles. The summed E-state index contributed by atoms with van der Waals surface area (Å²) in [4.78, 5) is 0. The van der Waals surface area contributed by atoms with Gasteiger partial charge < -0.3 is 0 Å². The Hall–Kier alpha value is -0.580. The quantitative estimate of drug-likeness (QED) is 0.413. The number of nitrogens with one attached hydrogen (secondary N) is 1. The zero-order chi connectivity index (χ0) is 13.4. The van der Waals surface area contributed by atoms with E-state index in [1.807, 2.05) is 0 Å². The van der Waals surface area contributed by atoms with E-state index >= 15 is 0 Å². The van der Waals surface area contributed by atoms with Crippen molar-refractivity contribution in [3.8, 4) is 0 Å². The van der Waals surface area contributed by atoms with E-state index < -0.39 is 0 Å². The van der Waals surface area contributed by atoms with Crippen LogP contribution in [0.3, 0.4) is 0 Å². The van der Waals surface area contributed by atoms with Crippen LogP contribution in [0.4, 0.5) is 0 Å². The Morgan fingerprint density at radius 1 is 1.44 bits per heavy atom. The lowest BCUT2D eigenvalue weighted by molar-refractivity contribution is 0.419. The van der Waals surface area contributed by atoms with E-state index in [1.165, 1.54) is 0 Å². The molecule has 0 radical (unpaired) electrons. The van der Waals surface area contributed by atoms with E-state index in [0.29, 0.717) is 11.9 Å². The third-order valence-corrected chi connectivity index (χ3v) is 3.62. The molecule has 0 amide bonds. The number of rotatable bonds is 9. The Morgan fingerprint density at radius 3 is 2.72 bits per heavy atom. The lowest BCUT2D eigenvalue weighted by atomic mass is 10.1. The molecule has 104 valence electrons. The minimum Gasteiger partial charge on any atom is -0.271 e. The molecule has 0 aliphatic heterocycles. The molecule has 1 unspecified atom stereocenters. The second-order valence-corrected chi connectivity index (χ2v) is 5.03. The van der Waals surface area contributed by atoms with Gasteiger partial charge in [-0.25, -0.2) is 0 Å².